The van der Waals surface area contributed by atoms with Gasteiger partial charge in [0, 0.05) is 18.8 Å². The standard InChI is InChI=1S/C7H6F2O/c1-2-5-3-6(10)7(8,9)4-5/h1,5H,3-4H2. The summed E-state index contributed by atoms with van der Waals surface area (Å²) in [7, 11) is 0. The smallest absolute Gasteiger partial charge is 0.293 e. The van der Waals surface area contributed by atoms with Gasteiger partial charge in [-0.2, -0.15) is 8.78 Å². The summed E-state index contributed by atoms with van der Waals surface area (Å²) in [5, 5.41) is 0. The van der Waals surface area contributed by atoms with Crippen molar-refractivity contribution in [1.29, 1.82) is 0 Å². The molecule has 1 rings (SSSR count). The number of rotatable bonds is 0. The zero-order valence-corrected chi connectivity index (χ0v) is 5.23. The largest absolute Gasteiger partial charge is 0.306 e. The molecule has 0 radical (unpaired) electrons. The highest BCUT2D eigenvalue weighted by molar-refractivity contribution is 5.88. The van der Waals surface area contributed by atoms with E-state index in [-0.39, 0.29) is 6.42 Å². The van der Waals surface area contributed by atoms with Crippen LogP contribution in [0.25, 0.3) is 0 Å². The number of hydrogen-bond acceptors (Lipinski definition) is 1. The van der Waals surface area contributed by atoms with Crippen LogP contribution in [0.2, 0.25) is 0 Å². The molecule has 1 atom stereocenters. The van der Waals surface area contributed by atoms with Crippen molar-refractivity contribution >= 4 is 5.78 Å². The molecule has 0 amide bonds. The topological polar surface area (TPSA) is 17.1 Å². The highest BCUT2D eigenvalue weighted by Gasteiger charge is 2.47. The van der Waals surface area contributed by atoms with Gasteiger partial charge in [0.15, 0.2) is 0 Å². The lowest BCUT2D eigenvalue weighted by molar-refractivity contribution is -0.138. The van der Waals surface area contributed by atoms with E-state index >= 15 is 0 Å². The second-order valence-electron chi connectivity index (χ2n) is 2.40. The van der Waals surface area contributed by atoms with Crippen LogP contribution in [0.15, 0.2) is 0 Å². The molecule has 0 aromatic heterocycles. The Morgan fingerprint density at radius 2 is 2.30 bits per heavy atom. The van der Waals surface area contributed by atoms with Crippen LogP contribution in [0.1, 0.15) is 12.8 Å². The lowest BCUT2D eigenvalue weighted by Crippen LogP contribution is -2.20. The summed E-state index contributed by atoms with van der Waals surface area (Å²) in [5.74, 6) is -2.58. The van der Waals surface area contributed by atoms with Gasteiger partial charge in [-0.15, -0.1) is 12.3 Å². The molecule has 1 nitrogen and oxygen atoms in total. The van der Waals surface area contributed by atoms with E-state index in [1.54, 1.807) is 0 Å². The maximum atomic E-state index is 12.3. The third-order valence-corrected chi connectivity index (χ3v) is 1.58. The SMILES string of the molecule is C#CC1CC(=O)C(F)(F)C1. The lowest BCUT2D eigenvalue weighted by atomic mass is 10.1. The molecule has 0 aliphatic heterocycles. The van der Waals surface area contributed by atoms with Crippen molar-refractivity contribution in [2.45, 2.75) is 18.8 Å². The first kappa shape index (κ1) is 7.20. The molecule has 0 N–H and O–H groups in total. The summed E-state index contributed by atoms with van der Waals surface area (Å²) < 4.78 is 24.7. The molecule has 0 bridgehead atoms. The highest BCUT2D eigenvalue weighted by atomic mass is 19.3. The first-order valence-electron chi connectivity index (χ1n) is 2.93. The zero-order chi connectivity index (χ0) is 7.78. The van der Waals surface area contributed by atoms with Crippen LogP contribution in [0.4, 0.5) is 8.78 Å². The molecule has 1 aliphatic rings. The minimum Gasteiger partial charge on any atom is -0.293 e. The number of Topliss-reactive ketones (excluding diaryl/α,β-unsaturated/α-hetero) is 1. The number of alkyl halides is 2. The Morgan fingerprint density at radius 3 is 2.50 bits per heavy atom. The Bertz CT molecular complexity index is 202. The number of hydrogen-bond donors (Lipinski definition) is 0. The van der Waals surface area contributed by atoms with Crippen molar-refractivity contribution in [3.8, 4) is 12.3 Å². The van der Waals surface area contributed by atoms with E-state index in [9.17, 15) is 13.6 Å². The molecule has 0 saturated heterocycles. The summed E-state index contributed by atoms with van der Waals surface area (Å²) in [6.07, 6.45) is 4.25. The van der Waals surface area contributed by atoms with Crippen molar-refractivity contribution in [3.05, 3.63) is 0 Å². The average molecular weight is 144 g/mol. The molecule has 3 heteroatoms. The Balaban J connectivity index is 2.73. The third kappa shape index (κ3) is 1.02. The van der Waals surface area contributed by atoms with Crippen LogP contribution in [0, 0.1) is 18.3 Å². The third-order valence-electron chi connectivity index (χ3n) is 1.58. The first-order chi connectivity index (χ1) is 4.56. The molecule has 1 saturated carbocycles. The Labute approximate surface area is 57.4 Å². The lowest BCUT2D eigenvalue weighted by Gasteiger charge is -2.02. The summed E-state index contributed by atoms with van der Waals surface area (Å²) >= 11 is 0. The predicted octanol–water partition coefficient (Wildman–Crippen LogP) is 1.23. The molecular formula is C7H6F2O. The molecule has 0 heterocycles. The van der Waals surface area contributed by atoms with E-state index in [0.29, 0.717) is 0 Å². The molecule has 1 fully saturated rings. The molecule has 1 unspecified atom stereocenters. The van der Waals surface area contributed by atoms with Gasteiger partial charge < -0.3 is 0 Å². The molecule has 0 aromatic rings. The normalized spacial score (nSPS) is 30.1. The number of ketones is 1. The number of terminal acetylenes is 1. The monoisotopic (exact) mass is 144 g/mol. The van der Waals surface area contributed by atoms with Crippen molar-refractivity contribution in [2.24, 2.45) is 5.92 Å². The van der Waals surface area contributed by atoms with E-state index in [1.807, 2.05) is 0 Å². The van der Waals surface area contributed by atoms with Crippen molar-refractivity contribution in [1.82, 2.24) is 0 Å². The quantitative estimate of drug-likeness (QED) is 0.467. The zero-order valence-electron chi connectivity index (χ0n) is 5.23. The summed E-state index contributed by atoms with van der Waals surface area (Å²) in [4.78, 5) is 10.4. The summed E-state index contributed by atoms with van der Waals surface area (Å²) in [6, 6.07) is 0. The van der Waals surface area contributed by atoms with Crippen molar-refractivity contribution < 1.29 is 13.6 Å². The van der Waals surface area contributed by atoms with Gasteiger partial charge in [-0.1, -0.05) is 0 Å². The number of carbonyl (C=O) groups excluding carboxylic acids is 1. The predicted molar refractivity (Wildman–Crippen MR) is 31.5 cm³/mol. The molecule has 0 spiro atoms. The van der Waals surface area contributed by atoms with Gasteiger partial charge in [0.1, 0.15) is 0 Å². The van der Waals surface area contributed by atoms with Gasteiger partial charge in [-0.05, 0) is 0 Å². The average Bonchev–Trinajstić information content (AvgIpc) is 2.08. The van der Waals surface area contributed by atoms with Crippen molar-refractivity contribution in [2.75, 3.05) is 0 Å². The van der Waals surface area contributed by atoms with Gasteiger partial charge in [-0.3, -0.25) is 4.79 Å². The Hall–Kier alpha value is -0.910. The van der Waals surface area contributed by atoms with Gasteiger partial charge in [0.2, 0.25) is 5.78 Å². The van der Waals surface area contributed by atoms with Crippen molar-refractivity contribution in [3.63, 3.8) is 0 Å². The Kier molecular flexibility index (Phi) is 1.47. The van der Waals surface area contributed by atoms with E-state index < -0.39 is 24.0 Å². The second kappa shape index (κ2) is 2.05. The minimum absolute atomic E-state index is 0.163. The van der Waals surface area contributed by atoms with E-state index in [0.717, 1.165) is 0 Å². The molecule has 0 aromatic carbocycles. The molecule has 1 aliphatic carbocycles. The van der Waals surface area contributed by atoms with E-state index in [4.69, 9.17) is 6.42 Å². The minimum atomic E-state index is -3.16. The second-order valence-corrected chi connectivity index (χ2v) is 2.40. The maximum Gasteiger partial charge on any atom is 0.306 e. The fourth-order valence-corrected chi connectivity index (χ4v) is 0.986. The highest BCUT2D eigenvalue weighted by Crippen LogP contribution is 2.35. The molecular weight excluding hydrogens is 138 g/mol. The van der Waals surface area contributed by atoms with Crippen LogP contribution in [-0.4, -0.2) is 11.7 Å². The maximum absolute atomic E-state index is 12.3. The van der Waals surface area contributed by atoms with E-state index in [1.165, 1.54) is 0 Å². The molecule has 54 valence electrons. The fraction of sp³-hybridized carbons (Fsp3) is 0.571. The van der Waals surface area contributed by atoms with Crippen LogP contribution in [-0.2, 0) is 4.79 Å². The van der Waals surface area contributed by atoms with E-state index in [2.05, 4.69) is 5.92 Å². The van der Waals surface area contributed by atoms with Crippen LogP contribution >= 0.6 is 0 Å². The molecule has 10 heavy (non-hydrogen) atoms. The number of carbonyl (C=O) groups is 1. The van der Waals surface area contributed by atoms with Gasteiger partial charge in [0.25, 0.3) is 0 Å². The van der Waals surface area contributed by atoms with Gasteiger partial charge in [0.05, 0.1) is 0 Å². The van der Waals surface area contributed by atoms with Crippen LogP contribution < -0.4 is 0 Å². The fourth-order valence-electron chi connectivity index (χ4n) is 0.986. The summed E-state index contributed by atoms with van der Waals surface area (Å²) in [5.41, 5.74) is 0. The van der Waals surface area contributed by atoms with Gasteiger partial charge >= 0.3 is 5.92 Å². The summed E-state index contributed by atoms with van der Waals surface area (Å²) in [6.45, 7) is 0. The Morgan fingerprint density at radius 1 is 1.70 bits per heavy atom. The first-order valence-corrected chi connectivity index (χ1v) is 2.93. The van der Waals surface area contributed by atoms with Crippen LogP contribution in [0.5, 0.6) is 0 Å². The number of halogens is 2. The van der Waals surface area contributed by atoms with Gasteiger partial charge in [-0.25, -0.2) is 0 Å². The van der Waals surface area contributed by atoms with Crippen LogP contribution in [0.3, 0.4) is 0 Å².